The van der Waals surface area contributed by atoms with Crippen molar-refractivity contribution in [1.82, 2.24) is 19.6 Å². The number of aliphatic hydroxyl groups excluding tert-OH is 1. The summed E-state index contributed by atoms with van der Waals surface area (Å²) >= 11 is 0. The van der Waals surface area contributed by atoms with Crippen LogP contribution in [0.5, 0.6) is 0 Å². The van der Waals surface area contributed by atoms with Crippen LogP contribution in [0.4, 0.5) is 0 Å². The lowest BCUT2D eigenvalue weighted by molar-refractivity contribution is -0.157. The predicted octanol–water partition coefficient (Wildman–Crippen LogP) is 0.903. The van der Waals surface area contributed by atoms with E-state index in [1.165, 1.54) is 0 Å². The Morgan fingerprint density at radius 2 is 1.62 bits per heavy atom. The molecular formula is C30H46N4O6. The molecule has 0 aromatic carbocycles. The molecule has 10 nitrogen and oxygen atoms in total. The summed E-state index contributed by atoms with van der Waals surface area (Å²) < 4.78 is 12.4. The maximum atomic E-state index is 14.6. The van der Waals surface area contributed by atoms with Crippen LogP contribution in [0.1, 0.15) is 40.5 Å². The number of hydrogen-bond donors (Lipinski definition) is 1. The van der Waals surface area contributed by atoms with Gasteiger partial charge in [0.25, 0.3) is 0 Å². The van der Waals surface area contributed by atoms with Crippen LogP contribution in [0, 0.1) is 17.8 Å². The summed E-state index contributed by atoms with van der Waals surface area (Å²) in [5, 5.41) is 10.6. The molecule has 0 bridgehead atoms. The van der Waals surface area contributed by atoms with Crippen LogP contribution in [0.15, 0.2) is 24.3 Å². The average Bonchev–Trinajstić information content (AvgIpc) is 3.22. The van der Waals surface area contributed by atoms with Crippen LogP contribution >= 0.6 is 0 Å². The molecular weight excluding hydrogens is 512 g/mol. The molecule has 0 aliphatic carbocycles. The van der Waals surface area contributed by atoms with Gasteiger partial charge in [-0.15, -0.1) is 0 Å². The lowest BCUT2D eigenvalue weighted by Crippen LogP contribution is -2.60. The van der Waals surface area contributed by atoms with Crippen molar-refractivity contribution in [3.63, 3.8) is 0 Å². The predicted molar refractivity (Wildman–Crippen MR) is 149 cm³/mol. The minimum Gasteiger partial charge on any atom is -0.394 e. The topological polar surface area (TPSA) is 103 Å². The summed E-state index contributed by atoms with van der Waals surface area (Å²) in [7, 11) is 0. The SMILES string of the molecule is CCCN1CC=C[C@]2(C)O[C@]34C=CCN(CCN5CCOCC5)C(=O)C3N([C@@H](CO)[C@@H](C)CC)C(=O)[C@@H]4[C@@H]2C1=O. The Bertz CT molecular complexity index is 1040. The van der Waals surface area contributed by atoms with Gasteiger partial charge in [-0.1, -0.05) is 51.5 Å². The first-order valence-corrected chi connectivity index (χ1v) is 15.1. The van der Waals surface area contributed by atoms with E-state index in [0.29, 0.717) is 45.9 Å². The Morgan fingerprint density at radius 3 is 2.27 bits per heavy atom. The van der Waals surface area contributed by atoms with E-state index in [-0.39, 0.29) is 30.2 Å². The van der Waals surface area contributed by atoms with Gasteiger partial charge in [-0.05, 0) is 19.3 Å². The van der Waals surface area contributed by atoms with E-state index in [1.807, 2.05) is 52.0 Å². The molecule has 1 unspecified atom stereocenters. The summed E-state index contributed by atoms with van der Waals surface area (Å²) in [6, 6.07) is -1.51. The summed E-state index contributed by atoms with van der Waals surface area (Å²) in [5.74, 6) is -2.21. The highest BCUT2D eigenvalue weighted by Gasteiger charge is 2.75. The number of ether oxygens (including phenoxy) is 2. The Labute approximate surface area is 237 Å². The van der Waals surface area contributed by atoms with E-state index >= 15 is 0 Å². The van der Waals surface area contributed by atoms with Crippen LogP contribution in [-0.2, 0) is 23.9 Å². The quantitative estimate of drug-likeness (QED) is 0.420. The molecule has 3 saturated heterocycles. The molecule has 5 aliphatic rings. The third-order valence-corrected chi connectivity index (χ3v) is 9.79. The smallest absolute Gasteiger partial charge is 0.249 e. The van der Waals surface area contributed by atoms with Crippen molar-refractivity contribution in [1.29, 1.82) is 0 Å². The zero-order chi connectivity index (χ0) is 28.7. The monoisotopic (exact) mass is 558 g/mol. The molecule has 0 saturated carbocycles. The molecule has 0 aromatic rings. The largest absolute Gasteiger partial charge is 0.394 e. The number of carbonyl (C=O) groups excluding carboxylic acids is 3. The van der Waals surface area contributed by atoms with E-state index in [4.69, 9.17) is 9.47 Å². The van der Waals surface area contributed by atoms with Gasteiger partial charge in [-0.2, -0.15) is 0 Å². The van der Waals surface area contributed by atoms with Crippen molar-refractivity contribution in [2.75, 3.05) is 65.6 Å². The lowest BCUT2D eigenvalue weighted by Gasteiger charge is -2.41. The highest BCUT2D eigenvalue weighted by Crippen LogP contribution is 2.58. The van der Waals surface area contributed by atoms with Crippen molar-refractivity contribution in [3.05, 3.63) is 24.3 Å². The fraction of sp³-hybridized carbons (Fsp3) is 0.767. The Hall–Kier alpha value is -2.27. The van der Waals surface area contributed by atoms with Crippen LogP contribution in [0.3, 0.4) is 0 Å². The minimum absolute atomic E-state index is 0.0423. The number of nitrogens with zero attached hydrogens (tertiary/aromatic N) is 4. The molecule has 5 heterocycles. The molecule has 1 spiro atoms. The maximum absolute atomic E-state index is 14.6. The van der Waals surface area contributed by atoms with E-state index < -0.39 is 35.1 Å². The lowest BCUT2D eigenvalue weighted by atomic mass is 9.74. The molecule has 5 aliphatic heterocycles. The fourth-order valence-electron chi connectivity index (χ4n) is 7.49. The van der Waals surface area contributed by atoms with Crippen molar-refractivity contribution in [2.24, 2.45) is 17.8 Å². The van der Waals surface area contributed by atoms with Crippen LogP contribution in [0.25, 0.3) is 0 Å². The molecule has 40 heavy (non-hydrogen) atoms. The standard InChI is InChI=1S/C30H46N4O6/c1-5-11-32-12-7-9-29(4)23(26(32)36)24-27(37)34(22(20-35)21(3)6-2)25-28(38)33(13-8-10-30(24,25)40-29)15-14-31-16-18-39-19-17-31/h7-10,21-25,35H,5-6,11-20H2,1-4H3/t21-,22-,23+,24-,25?,29-,30-/m0/s1. The highest BCUT2D eigenvalue weighted by molar-refractivity contribution is 6.00. The average molecular weight is 559 g/mol. The first kappa shape index (κ1) is 29.2. The first-order chi connectivity index (χ1) is 19.2. The van der Waals surface area contributed by atoms with Gasteiger partial charge < -0.3 is 29.3 Å². The highest BCUT2D eigenvalue weighted by atomic mass is 16.5. The number of likely N-dealkylation sites (tertiary alicyclic amines) is 1. The van der Waals surface area contributed by atoms with Gasteiger partial charge in [0, 0.05) is 45.8 Å². The summed E-state index contributed by atoms with van der Waals surface area (Å²) in [6.07, 6.45) is 9.24. The number of amides is 3. The number of rotatable bonds is 9. The fourth-order valence-corrected chi connectivity index (χ4v) is 7.49. The molecule has 7 atom stereocenters. The maximum Gasteiger partial charge on any atom is 0.249 e. The Balaban J connectivity index is 1.56. The molecule has 10 heteroatoms. The third-order valence-electron chi connectivity index (χ3n) is 9.79. The summed E-state index contributed by atoms with van der Waals surface area (Å²) in [4.78, 5) is 50.7. The Kier molecular flexibility index (Phi) is 8.44. The van der Waals surface area contributed by atoms with Gasteiger partial charge in [0.15, 0.2) is 0 Å². The number of carbonyl (C=O) groups is 3. The van der Waals surface area contributed by atoms with Gasteiger partial charge in [-0.3, -0.25) is 19.3 Å². The summed E-state index contributed by atoms with van der Waals surface area (Å²) in [5.41, 5.74) is -2.32. The van der Waals surface area contributed by atoms with Crippen molar-refractivity contribution < 1.29 is 29.0 Å². The minimum atomic E-state index is -1.29. The van der Waals surface area contributed by atoms with Crippen LogP contribution in [0.2, 0.25) is 0 Å². The second kappa shape index (κ2) is 11.5. The van der Waals surface area contributed by atoms with Gasteiger partial charge in [0.2, 0.25) is 17.7 Å². The van der Waals surface area contributed by atoms with E-state index in [2.05, 4.69) is 4.90 Å². The Morgan fingerprint density at radius 1 is 0.950 bits per heavy atom. The van der Waals surface area contributed by atoms with Gasteiger partial charge in [0.05, 0.1) is 43.3 Å². The molecule has 0 radical (unpaired) electrons. The zero-order valence-electron chi connectivity index (χ0n) is 24.5. The van der Waals surface area contributed by atoms with Crippen molar-refractivity contribution >= 4 is 17.7 Å². The van der Waals surface area contributed by atoms with Crippen molar-refractivity contribution in [3.8, 4) is 0 Å². The van der Waals surface area contributed by atoms with E-state index in [0.717, 1.165) is 25.9 Å². The van der Waals surface area contributed by atoms with Gasteiger partial charge in [0.1, 0.15) is 11.6 Å². The van der Waals surface area contributed by atoms with Gasteiger partial charge in [-0.25, -0.2) is 0 Å². The third kappa shape index (κ3) is 4.70. The molecule has 0 aromatic heterocycles. The molecule has 3 amide bonds. The second-order valence-corrected chi connectivity index (χ2v) is 12.2. The number of morpholine rings is 1. The zero-order valence-corrected chi connectivity index (χ0v) is 24.5. The number of fused-ring (bicyclic) bond motifs is 2. The van der Waals surface area contributed by atoms with Gasteiger partial charge >= 0.3 is 0 Å². The first-order valence-electron chi connectivity index (χ1n) is 15.1. The molecule has 222 valence electrons. The second-order valence-electron chi connectivity index (χ2n) is 12.2. The van der Waals surface area contributed by atoms with E-state index in [1.54, 1.807) is 14.7 Å². The van der Waals surface area contributed by atoms with E-state index in [9.17, 15) is 19.5 Å². The number of hydrogen-bond acceptors (Lipinski definition) is 7. The van der Waals surface area contributed by atoms with Crippen LogP contribution < -0.4 is 0 Å². The van der Waals surface area contributed by atoms with Crippen molar-refractivity contribution in [2.45, 2.75) is 63.8 Å². The van der Waals surface area contributed by atoms with Crippen LogP contribution in [-0.4, -0.2) is 131 Å². The summed E-state index contributed by atoms with van der Waals surface area (Å²) in [6.45, 7) is 13.4. The molecule has 1 N–H and O–H groups in total. The molecule has 3 fully saturated rings. The molecule has 5 rings (SSSR count). The normalized spacial score (nSPS) is 35.9. The number of aliphatic hydroxyl groups is 1.